The fourth-order valence-electron chi connectivity index (χ4n) is 0.900. The lowest BCUT2D eigenvalue weighted by atomic mass is 10.3. The molecule has 0 spiro atoms. The Morgan fingerprint density at radius 3 is 2.93 bits per heavy atom. The van der Waals surface area contributed by atoms with Crippen molar-refractivity contribution in [1.29, 1.82) is 0 Å². The van der Waals surface area contributed by atoms with Gasteiger partial charge in [-0.3, -0.25) is 10.2 Å². The maximum absolute atomic E-state index is 12.9. The first-order valence-electron chi connectivity index (χ1n) is 4.21. The van der Waals surface area contributed by atoms with E-state index in [1.807, 2.05) is 5.43 Å². The number of ether oxygens (including phenoxy) is 1. The number of hydrazine groups is 1. The van der Waals surface area contributed by atoms with Gasteiger partial charge >= 0.3 is 0 Å². The van der Waals surface area contributed by atoms with Gasteiger partial charge in [-0.05, 0) is 12.1 Å². The quantitative estimate of drug-likeness (QED) is 0.466. The van der Waals surface area contributed by atoms with Gasteiger partial charge in [-0.2, -0.15) is 0 Å². The predicted octanol–water partition coefficient (Wildman–Crippen LogP) is 1.24. The molecule has 1 aromatic carbocycles. The average Bonchev–Trinajstić information content (AvgIpc) is 2.23. The van der Waals surface area contributed by atoms with Crippen LogP contribution in [0.3, 0.4) is 0 Å². The van der Waals surface area contributed by atoms with Crippen molar-refractivity contribution in [2.24, 2.45) is 5.84 Å². The van der Waals surface area contributed by atoms with E-state index in [1.54, 1.807) is 0 Å². The molecule has 1 aromatic rings. The number of amides is 1. The second-order valence-electron chi connectivity index (χ2n) is 2.74. The predicted molar refractivity (Wildman–Crippen MR) is 53.9 cm³/mol. The summed E-state index contributed by atoms with van der Waals surface area (Å²) >= 11 is 5.48. The van der Waals surface area contributed by atoms with Gasteiger partial charge in [0.1, 0.15) is 11.6 Å². The third-order valence-electron chi connectivity index (χ3n) is 1.65. The van der Waals surface area contributed by atoms with Gasteiger partial charge in [-0.1, -0.05) is 11.6 Å². The summed E-state index contributed by atoms with van der Waals surface area (Å²) in [6.07, 6.45) is 0.112. The molecule has 0 radical (unpaired) electrons. The minimum atomic E-state index is -0.558. The van der Waals surface area contributed by atoms with Crippen molar-refractivity contribution in [3.63, 3.8) is 0 Å². The second-order valence-corrected chi connectivity index (χ2v) is 3.15. The highest BCUT2D eigenvalue weighted by atomic mass is 35.5. The van der Waals surface area contributed by atoms with Crippen molar-refractivity contribution < 1.29 is 13.9 Å². The van der Waals surface area contributed by atoms with E-state index < -0.39 is 5.82 Å². The number of carbonyl (C=O) groups excluding carboxylic acids is 1. The summed E-state index contributed by atoms with van der Waals surface area (Å²) in [4.78, 5) is 10.7. The van der Waals surface area contributed by atoms with Crippen LogP contribution in [0.4, 0.5) is 4.39 Å². The monoisotopic (exact) mass is 232 g/mol. The Bertz CT molecular complexity index is 360. The molecule has 0 aromatic heterocycles. The van der Waals surface area contributed by atoms with Gasteiger partial charge in [0.25, 0.3) is 0 Å². The number of nitrogens with one attached hydrogen (secondary N) is 1. The summed E-state index contributed by atoms with van der Waals surface area (Å²) in [5, 5.41) is 0.0297. The maximum atomic E-state index is 12.9. The summed E-state index contributed by atoms with van der Waals surface area (Å²) < 4.78 is 18.0. The molecule has 0 unspecified atom stereocenters. The Hall–Kier alpha value is -1.33. The highest BCUT2D eigenvalue weighted by molar-refractivity contribution is 6.30. The zero-order valence-corrected chi connectivity index (χ0v) is 8.55. The zero-order valence-electron chi connectivity index (χ0n) is 7.80. The van der Waals surface area contributed by atoms with Gasteiger partial charge in [0.05, 0.1) is 18.1 Å². The van der Waals surface area contributed by atoms with Gasteiger partial charge in [0, 0.05) is 6.07 Å². The fraction of sp³-hybridized carbons (Fsp3) is 0.222. The van der Waals surface area contributed by atoms with Crippen LogP contribution >= 0.6 is 11.6 Å². The molecule has 0 fully saturated rings. The van der Waals surface area contributed by atoms with E-state index in [9.17, 15) is 9.18 Å². The lowest BCUT2D eigenvalue weighted by molar-refractivity contribution is -0.121. The molecule has 0 saturated heterocycles. The van der Waals surface area contributed by atoms with Crippen molar-refractivity contribution in [3.8, 4) is 5.75 Å². The summed E-state index contributed by atoms with van der Waals surface area (Å²) in [7, 11) is 0. The highest BCUT2D eigenvalue weighted by Gasteiger charge is 2.03. The summed E-state index contributed by atoms with van der Waals surface area (Å²) in [5.74, 6) is 4.28. The fourth-order valence-corrected chi connectivity index (χ4v) is 1.02. The summed E-state index contributed by atoms with van der Waals surface area (Å²) in [5.41, 5.74) is 1.96. The molecule has 1 rings (SSSR count). The molecule has 0 aliphatic heterocycles. The van der Waals surface area contributed by atoms with Crippen molar-refractivity contribution >= 4 is 17.5 Å². The molecule has 0 heterocycles. The van der Waals surface area contributed by atoms with Crippen LogP contribution in [0, 0.1) is 5.82 Å². The largest absolute Gasteiger partial charge is 0.493 e. The van der Waals surface area contributed by atoms with E-state index >= 15 is 0 Å². The molecule has 3 N–H and O–H groups in total. The van der Waals surface area contributed by atoms with Crippen molar-refractivity contribution in [3.05, 3.63) is 29.0 Å². The SMILES string of the molecule is NNC(=O)CCOc1ccc(Cl)c(F)c1. The Morgan fingerprint density at radius 2 is 2.33 bits per heavy atom. The molecule has 0 bridgehead atoms. The average molecular weight is 233 g/mol. The van der Waals surface area contributed by atoms with Crippen LogP contribution in [0.25, 0.3) is 0 Å². The highest BCUT2D eigenvalue weighted by Crippen LogP contribution is 2.20. The molecule has 4 nitrogen and oxygen atoms in total. The van der Waals surface area contributed by atoms with Gasteiger partial charge in [0.2, 0.25) is 5.91 Å². The molecular weight excluding hydrogens is 223 g/mol. The first-order chi connectivity index (χ1) is 7.13. The molecule has 0 atom stereocenters. The molecule has 1 amide bonds. The topological polar surface area (TPSA) is 64.3 Å². The molecule has 82 valence electrons. The molecule has 0 aliphatic rings. The lowest BCUT2D eigenvalue weighted by Gasteiger charge is -2.05. The molecular formula is C9H10ClFN2O2. The van der Waals surface area contributed by atoms with Gasteiger partial charge in [-0.15, -0.1) is 0 Å². The number of nitrogens with two attached hydrogens (primary N) is 1. The number of carbonyl (C=O) groups is 1. The van der Waals surface area contributed by atoms with E-state index in [0.29, 0.717) is 5.75 Å². The van der Waals surface area contributed by atoms with Crippen molar-refractivity contribution in [2.75, 3.05) is 6.61 Å². The first kappa shape index (κ1) is 11.7. The number of benzene rings is 1. The van der Waals surface area contributed by atoms with Crippen LogP contribution < -0.4 is 16.0 Å². The minimum Gasteiger partial charge on any atom is -0.493 e. The minimum absolute atomic E-state index is 0.0297. The van der Waals surface area contributed by atoms with E-state index in [0.717, 1.165) is 6.07 Å². The third-order valence-corrected chi connectivity index (χ3v) is 1.96. The van der Waals surface area contributed by atoms with E-state index in [1.165, 1.54) is 12.1 Å². The Balaban J connectivity index is 2.44. The Morgan fingerprint density at radius 1 is 1.60 bits per heavy atom. The van der Waals surface area contributed by atoms with Gasteiger partial charge in [-0.25, -0.2) is 10.2 Å². The van der Waals surface area contributed by atoms with Crippen LogP contribution in [-0.4, -0.2) is 12.5 Å². The van der Waals surface area contributed by atoms with Crippen LogP contribution in [0.2, 0.25) is 5.02 Å². The second kappa shape index (κ2) is 5.53. The molecule has 0 saturated carbocycles. The number of hydrogen-bond donors (Lipinski definition) is 2. The first-order valence-corrected chi connectivity index (χ1v) is 4.58. The molecule has 0 aliphatic carbocycles. The van der Waals surface area contributed by atoms with Crippen LogP contribution in [-0.2, 0) is 4.79 Å². The molecule has 6 heteroatoms. The number of hydrogen-bond acceptors (Lipinski definition) is 3. The standard InChI is InChI=1S/C9H10ClFN2O2/c10-7-2-1-6(5-8(7)11)15-4-3-9(14)13-12/h1-2,5H,3-4,12H2,(H,13,14). The molecule has 15 heavy (non-hydrogen) atoms. The zero-order chi connectivity index (χ0) is 11.3. The third kappa shape index (κ3) is 3.73. The number of halogens is 2. The van der Waals surface area contributed by atoms with Crippen molar-refractivity contribution in [1.82, 2.24) is 5.43 Å². The lowest BCUT2D eigenvalue weighted by Crippen LogP contribution is -2.31. The Labute approximate surface area is 91.1 Å². The van der Waals surface area contributed by atoms with Crippen molar-refractivity contribution in [2.45, 2.75) is 6.42 Å². The summed E-state index contributed by atoms with van der Waals surface area (Å²) in [6, 6.07) is 4.06. The van der Waals surface area contributed by atoms with E-state index in [-0.39, 0.29) is 24.0 Å². The van der Waals surface area contributed by atoms with Crippen LogP contribution in [0.15, 0.2) is 18.2 Å². The van der Waals surface area contributed by atoms with E-state index in [2.05, 4.69) is 0 Å². The summed E-state index contributed by atoms with van der Waals surface area (Å²) in [6.45, 7) is 0.129. The normalized spacial score (nSPS) is 9.80. The smallest absolute Gasteiger partial charge is 0.237 e. The van der Waals surface area contributed by atoms with Gasteiger partial charge in [0.15, 0.2) is 0 Å². The number of rotatable bonds is 4. The van der Waals surface area contributed by atoms with Crippen LogP contribution in [0.1, 0.15) is 6.42 Å². The Kier molecular flexibility index (Phi) is 4.33. The maximum Gasteiger partial charge on any atom is 0.237 e. The van der Waals surface area contributed by atoms with Gasteiger partial charge < -0.3 is 4.74 Å². The van der Waals surface area contributed by atoms with E-state index in [4.69, 9.17) is 22.2 Å². The van der Waals surface area contributed by atoms with Crippen LogP contribution in [0.5, 0.6) is 5.75 Å².